The Morgan fingerprint density at radius 3 is 1.79 bits per heavy atom. The number of ether oxygens (including phenoxy) is 1. The maximum atomic E-state index is 13.5. The van der Waals surface area contributed by atoms with Crippen LogP contribution in [0.25, 0.3) is 6.08 Å². The van der Waals surface area contributed by atoms with Gasteiger partial charge < -0.3 is 14.5 Å². The number of halogens is 6. The van der Waals surface area contributed by atoms with Gasteiger partial charge in [0.05, 0.1) is 5.56 Å². The van der Waals surface area contributed by atoms with Crippen molar-refractivity contribution in [3.63, 3.8) is 0 Å². The van der Waals surface area contributed by atoms with Gasteiger partial charge in [-0.05, 0) is 44.5 Å². The maximum absolute atomic E-state index is 13.5. The van der Waals surface area contributed by atoms with Crippen LogP contribution in [0, 0.1) is 0 Å². The Bertz CT molecular complexity index is 740. The molecule has 0 unspecified atom stereocenters. The van der Waals surface area contributed by atoms with E-state index in [1.807, 2.05) is 0 Å². The third-order valence-corrected chi connectivity index (χ3v) is 4.10. The van der Waals surface area contributed by atoms with Crippen molar-refractivity contribution < 1.29 is 35.9 Å². The smallest absolute Gasteiger partial charge is 0.431 e. The van der Waals surface area contributed by atoms with Gasteiger partial charge in [-0.15, -0.1) is 0 Å². The Kier molecular flexibility index (Phi) is 6.44. The van der Waals surface area contributed by atoms with Crippen LogP contribution in [0.1, 0.15) is 31.9 Å². The summed E-state index contributed by atoms with van der Waals surface area (Å²) in [5.74, 6) is 0. The molecule has 1 aromatic carbocycles. The quantitative estimate of drug-likeness (QED) is 0.615. The second kappa shape index (κ2) is 8.16. The number of hydrogen-bond acceptors (Lipinski definition) is 3. The molecule has 1 aliphatic rings. The number of hydrogen-bond donors (Lipinski definition) is 0. The van der Waals surface area contributed by atoms with Gasteiger partial charge in [0.2, 0.25) is 0 Å². The van der Waals surface area contributed by atoms with Crippen LogP contribution in [0.2, 0.25) is 0 Å². The molecule has 1 amide bonds. The first-order chi connectivity index (χ1) is 13.2. The average molecular weight is 424 g/mol. The number of nitrogens with zero attached hydrogens (tertiary/aromatic N) is 2. The Balaban J connectivity index is 2.14. The van der Waals surface area contributed by atoms with Crippen LogP contribution in [-0.2, 0) is 10.9 Å². The van der Waals surface area contributed by atoms with E-state index in [9.17, 15) is 31.1 Å². The van der Waals surface area contributed by atoms with Crippen molar-refractivity contribution in [2.45, 2.75) is 38.7 Å². The van der Waals surface area contributed by atoms with Crippen molar-refractivity contribution >= 4 is 12.2 Å². The van der Waals surface area contributed by atoms with Gasteiger partial charge in [-0.2, -0.15) is 26.3 Å². The number of rotatable bonds is 2. The number of carbonyl (C=O) groups is 1. The number of benzene rings is 1. The third-order valence-electron chi connectivity index (χ3n) is 4.10. The first-order valence-corrected chi connectivity index (χ1v) is 8.86. The maximum Gasteiger partial charge on any atom is 0.431 e. The largest absolute Gasteiger partial charge is 0.444 e. The molecule has 1 heterocycles. The molecular formula is C19H22F6N2O2. The minimum atomic E-state index is -4.70. The van der Waals surface area contributed by atoms with Gasteiger partial charge >= 0.3 is 18.4 Å². The highest BCUT2D eigenvalue weighted by atomic mass is 19.4. The van der Waals surface area contributed by atoms with Gasteiger partial charge in [0.1, 0.15) is 11.3 Å². The molecule has 1 saturated heterocycles. The van der Waals surface area contributed by atoms with Gasteiger partial charge in [-0.3, -0.25) is 0 Å². The standard InChI is InChI=1S/C19H22F6N2O2/c1-17(2,3)29-16(28)27-10-8-26(9-11-27)15(19(23,24)25)12-13-4-6-14(7-5-13)18(20,21)22/h4-7,12H,8-11H2,1-3H3/b15-12+. The van der Waals surface area contributed by atoms with E-state index in [2.05, 4.69) is 0 Å². The van der Waals surface area contributed by atoms with Crippen LogP contribution in [-0.4, -0.2) is 53.8 Å². The normalized spacial score (nSPS) is 16.8. The van der Waals surface area contributed by atoms with Crippen molar-refractivity contribution in [3.8, 4) is 0 Å². The Morgan fingerprint density at radius 1 is 0.897 bits per heavy atom. The molecule has 10 heteroatoms. The van der Waals surface area contributed by atoms with Crippen LogP contribution in [0.5, 0.6) is 0 Å². The van der Waals surface area contributed by atoms with Crippen LogP contribution < -0.4 is 0 Å². The minimum Gasteiger partial charge on any atom is -0.444 e. The van der Waals surface area contributed by atoms with Gasteiger partial charge in [-0.25, -0.2) is 4.79 Å². The molecule has 0 saturated carbocycles. The molecule has 0 bridgehead atoms. The Labute approximate surface area is 164 Å². The highest BCUT2D eigenvalue weighted by Gasteiger charge is 2.39. The van der Waals surface area contributed by atoms with Crippen LogP contribution >= 0.6 is 0 Å². The second-order valence-corrected chi connectivity index (χ2v) is 7.60. The summed E-state index contributed by atoms with van der Waals surface area (Å²) in [6, 6.07) is 3.46. The van der Waals surface area contributed by atoms with Crippen molar-refractivity contribution in [1.82, 2.24) is 9.80 Å². The number of piperazine rings is 1. The topological polar surface area (TPSA) is 32.8 Å². The molecule has 0 aromatic heterocycles. The first kappa shape index (κ1) is 22.9. The molecule has 1 fully saturated rings. The summed E-state index contributed by atoms with van der Waals surface area (Å²) in [7, 11) is 0. The molecule has 4 nitrogen and oxygen atoms in total. The lowest BCUT2D eigenvalue weighted by molar-refractivity contribution is -0.137. The minimum absolute atomic E-state index is 0.0000955. The average Bonchev–Trinajstić information content (AvgIpc) is 2.57. The summed E-state index contributed by atoms with van der Waals surface area (Å²) in [5.41, 5.74) is -2.62. The molecule has 0 spiro atoms. The van der Waals surface area contributed by atoms with E-state index in [1.54, 1.807) is 20.8 Å². The molecule has 0 aliphatic carbocycles. The van der Waals surface area contributed by atoms with Crippen molar-refractivity contribution in [1.29, 1.82) is 0 Å². The number of alkyl halides is 6. The fraction of sp³-hybridized carbons (Fsp3) is 0.526. The summed E-state index contributed by atoms with van der Waals surface area (Å²) in [6.45, 7) is 4.99. The summed E-state index contributed by atoms with van der Waals surface area (Å²) in [5, 5.41) is 0. The summed E-state index contributed by atoms with van der Waals surface area (Å²) in [6.07, 6.45) is -9.05. The fourth-order valence-electron chi connectivity index (χ4n) is 2.74. The predicted molar refractivity (Wildman–Crippen MR) is 94.9 cm³/mol. The highest BCUT2D eigenvalue weighted by molar-refractivity contribution is 5.68. The third kappa shape index (κ3) is 6.57. The molecule has 1 aromatic rings. The fourth-order valence-corrected chi connectivity index (χ4v) is 2.74. The lowest BCUT2D eigenvalue weighted by Crippen LogP contribution is -2.51. The molecule has 2 rings (SSSR count). The number of amides is 1. The molecule has 29 heavy (non-hydrogen) atoms. The number of allylic oxidation sites excluding steroid dienone is 1. The molecule has 0 radical (unpaired) electrons. The van der Waals surface area contributed by atoms with E-state index in [1.165, 1.54) is 4.90 Å². The second-order valence-electron chi connectivity index (χ2n) is 7.60. The van der Waals surface area contributed by atoms with Gasteiger partial charge in [0.25, 0.3) is 0 Å². The van der Waals surface area contributed by atoms with E-state index >= 15 is 0 Å². The van der Waals surface area contributed by atoms with Crippen LogP contribution in [0.3, 0.4) is 0 Å². The predicted octanol–water partition coefficient (Wildman–Crippen LogP) is 5.16. The van der Waals surface area contributed by atoms with Gasteiger partial charge in [0.15, 0.2) is 0 Å². The van der Waals surface area contributed by atoms with Crippen LogP contribution in [0.15, 0.2) is 30.0 Å². The Hall–Kier alpha value is -2.39. The lowest BCUT2D eigenvalue weighted by atomic mass is 10.1. The lowest BCUT2D eigenvalue weighted by Gasteiger charge is -2.38. The van der Waals surface area contributed by atoms with Crippen molar-refractivity contribution in [3.05, 3.63) is 41.1 Å². The molecule has 162 valence electrons. The van der Waals surface area contributed by atoms with E-state index in [0.717, 1.165) is 35.2 Å². The summed E-state index contributed by atoms with van der Waals surface area (Å²) >= 11 is 0. The zero-order chi connectivity index (χ0) is 22.0. The van der Waals surface area contributed by atoms with Gasteiger partial charge in [0, 0.05) is 26.2 Å². The van der Waals surface area contributed by atoms with Crippen molar-refractivity contribution in [2.24, 2.45) is 0 Å². The van der Waals surface area contributed by atoms with Crippen molar-refractivity contribution in [2.75, 3.05) is 26.2 Å². The summed E-state index contributed by atoms with van der Waals surface area (Å²) in [4.78, 5) is 14.4. The van der Waals surface area contributed by atoms with E-state index in [4.69, 9.17) is 4.74 Å². The molecule has 0 N–H and O–H groups in total. The number of carbonyl (C=O) groups excluding carboxylic acids is 1. The van der Waals surface area contributed by atoms with E-state index in [0.29, 0.717) is 0 Å². The monoisotopic (exact) mass is 424 g/mol. The Morgan fingerprint density at radius 2 is 1.38 bits per heavy atom. The van der Waals surface area contributed by atoms with Crippen LogP contribution in [0.4, 0.5) is 31.1 Å². The first-order valence-electron chi connectivity index (χ1n) is 8.86. The zero-order valence-corrected chi connectivity index (χ0v) is 16.2. The van der Waals surface area contributed by atoms with E-state index < -0.39 is 35.3 Å². The molecular weight excluding hydrogens is 402 g/mol. The SMILES string of the molecule is CC(C)(C)OC(=O)N1CCN(/C(=C/c2ccc(C(F)(F)F)cc2)C(F)(F)F)CC1. The zero-order valence-electron chi connectivity index (χ0n) is 16.2. The van der Waals surface area contributed by atoms with E-state index in [-0.39, 0.29) is 31.7 Å². The molecule has 1 aliphatic heterocycles. The summed E-state index contributed by atoms with van der Waals surface area (Å²) < 4.78 is 83.7. The molecule has 0 atom stereocenters. The highest BCUT2D eigenvalue weighted by Crippen LogP contribution is 2.33. The van der Waals surface area contributed by atoms with Gasteiger partial charge in [-0.1, -0.05) is 12.1 Å².